The summed E-state index contributed by atoms with van der Waals surface area (Å²) in [6.07, 6.45) is 0. The van der Waals surface area contributed by atoms with Crippen LogP contribution in [0.25, 0.3) is 0 Å². The topological polar surface area (TPSA) is 27.7 Å². The molecule has 1 aliphatic rings. The number of hydrogen-bond donors (Lipinski definition) is 1. The number of hydrogen-bond acceptors (Lipinski definition) is 4. The van der Waals surface area contributed by atoms with Crippen molar-refractivity contribution in [2.45, 2.75) is 26.8 Å². The molecule has 1 aromatic rings. The van der Waals surface area contributed by atoms with Crippen molar-refractivity contribution < 1.29 is 4.74 Å². The van der Waals surface area contributed by atoms with Crippen molar-refractivity contribution in [3.63, 3.8) is 0 Å². The predicted octanol–water partition coefficient (Wildman–Crippen LogP) is 2.66. The second kappa shape index (κ2) is 6.84. The zero-order chi connectivity index (χ0) is 14.5. The van der Waals surface area contributed by atoms with Crippen LogP contribution in [0.1, 0.15) is 20.8 Å². The summed E-state index contributed by atoms with van der Waals surface area (Å²) in [5.74, 6) is 0.943. The predicted molar refractivity (Wildman–Crippen MR) is 86.1 cm³/mol. The molecule has 1 aromatic carbocycles. The van der Waals surface area contributed by atoms with E-state index in [2.05, 4.69) is 47.2 Å². The van der Waals surface area contributed by atoms with E-state index in [9.17, 15) is 0 Å². The number of benzene rings is 1. The van der Waals surface area contributed by atoms with Crippen LogP contribution >= 0.6 is 0 Å². The molecule has 0 spiro atoms. The number of piperazine rings is 1. The summed E-state index contributed by atoms with van der Waals surface area (Å²) in [5, 5.41) is 3.18. The summed E-state index contributed by atoms with van der Waals surface area (Å²) in [6.45, 7) is 11.7. The maximum Gasteiger partial charge on any atom is 0.144 e. The Kier molecular flexibility index (Phi) is 5.12. The first-order valence-electron chi connectivity index (χ1n) is 7.59. The van der Waals surface area contributed by atoms with Crippen molar-refractivity contribution in [2.75, 3.05) is 50.1 Å². The van der Waals surface area contributed by atoms with E-state index in [0.29, 0.717) is 12.6 Å². The van der Waals surface area contributed by atoms with E-state index < -0.39 is 0 Å². The summed E-state index contributed by atoms with van der Waals surface area (Å²) in [7, 11) is 1.93. The minimum absolute atomic E-state index is 0.641. The van der Waals surface area contributed by atoms with Crippen molar-refractivity contribution >= 4 is 11.4 Å². The Hall–Kier alpha value is -1.42. The summed E-state index contributed by atoms with van der Waals surface area (Å²) < 4.78 is 5.72. The fourth-order valence-corrected chi connectivity index (χ4v) is 2.69. The maximum absolute atomic E-state index is 5.72. The van der Waals surface area contributed by atoms with Gasteiger partial charge in [0, 0.05) is 51.0 Å². The van der Waals surface area contributed by atoms with Gasteiger partial charge in [0.05, 0.1) is 12.3 Å². The van der Waals surface area contributed by atoms with Gasteiger partial charge in [-0.15, -0.1) is 0 Å². The van der Waals surface area contributed by atoms with Gasteiger partial charge < -0.3 is 15.0 Å². The molecule has 0 saturated carbocycles. The zero-order valence-electron chi connectivity index (χ0n) is 13.1. The number of rotatable bonds is 5. The van der Waals surface area contributed by atoms with Crippen molar-refractivity contribution in [2.24, 2.45) is 0 Å². The van der Waals surface area contributed by atoms with Crippen LogP contribution in [0, 0.1) is 0 Å². The molecule has 0 amide bonds. The minimum Gasteiger partial charge on any atom is -0.492 e. The summed E-state index contributed by atoms with van der Waals surface area (Å²) >= 11 is 0. The highest BCUT2D eigenvalue weighted by molar-refractivity contribution is 5.64. The Morgan fingerprint density at radius 3 is 2.45 bits per heavy atom. The maximum atomic E-state index is 5.72. The average molecular weight is 277 g/mol. The van der Waals surface area contributed by atoms with Crippen LogP contribution in [0.15, 0.2) is 18.2 Å². The number of nitrogens with zero attached hydrogens (tertiary/aromatic N) is 2. The first-order valence-corrected chi connectivity index (χ1v) is 7.59. The van der Waals surface area contributed by atoms with Crippen LogP contribution in [-0.2, 0) is 0 Å². The van der Waals surface area contributed by atoms with E-state index in [-0.39, 0.29) is 0 Å². The molecule has 1 saturated heterocycles. The van der Waals surface area contributed by atoms with E-state index in [1.165, 1.54) is 5.69 Å². The lowest BCUT2D eigenvalue weighted by Gasteiger charge is -2.38. The molecule has 20 heavy (non-hydrogen) atoms. The van der Waals surface area contributed by atoms with Gasteiger partial charge in [-0.25, -0.2) is 0 Å². The van der Waals surface area contributed by atoms with E-state index in [0.717, 1.165) is 37.6 Å². The largest absolute Gasteiger partial charge is 0.492 e. The Morgan fingerprint density at radius 2 is 1.90 bits per heavy atom. The number of nitrogens with one attached hydrogen (secondary N) is 1. The van der Waals surface area contributed by atoms with Gasteiger partial charge in [0.2, 0.25) is 0 Å². The van der Waals surface area contributed by atoms with Crippen LogP contribution in [-0.4, -0.2) is 50.8 Å². The van der Waals surface area contributed by atoms with E-state index in [4.69, 9.17) is 4.74 Å². The average Bonchev–Trinajstić information content (AvgIpc) is 2.47. The highest BCUT2D eigenvalue weighted by Gasteiger charge is 2.19. The molecule has 2 rings (SSSR count). The summed E-state index contributed by atoms with van der Waals surface area (Å²) in [5.41, 5.74) is 2.31. The van der Waals surface area contributed by atoms with Crippen LogP contribution in [0.2, 0.25) is 0 Å². The molecule has 0 bridgehead atoms. The fraction of sp³-hybridized carbons (Fsp3) is 0.625. The lowest BCUT2D eigenvalue weighted by Crippen LogP contribution is -2.48. The van der Waals surface area contributed by atoms with Gasteiger partial charge in [0.1, 0.15) is 5.75 Å². The lowest BCUT2D eigenvalue weighted by molar-refractivity contribution is 0.209. The summed E-state index contributed by atoms with van der Waals surface area (Å²) in [4.78, 5) is 4.97. The zero-order valence-corrected chi connectivity index (χ0v) is 13.1. The third kappa shape index (κ3) is 3.37. The Balaban J connectivity index is 2.08. The minimum atomic E-state index is 0.641. The first kappa shape index (κ1) is 15.0. The highest BCUT2D eigenvalue weighted by atomic mass is 16.5. The molecule has 1 fully saturated rings. The van der Waals surface area contributed by atoms with Gasteiger partial charge >= 0.3 is 0 Å². The molecule has 4 nitrogen and oxygen atoms in total. The van der Waals surface area contributed by atoms with Gasteiger partial charge in [-0.3, -0.25) is 4.90 Å². The van der Waals surface area contributed by atoms with Gasteiger partial charge in [-0.05, 0) is 32.9 Å². The van der Waals surface area contributed by atoms with Crippen LogP contribution < -0.4 is 15.0 Å². The number of ether oxygens (including phenoxy) is 1. The first-order chi connectivity index (χ1) is 9.65. The molecule has 112 valence electrons. The van der Waals surface area contributed by atoms with Gasteiger partial charge in [-0.1, -0.05) is 0 Å². The Morgan fingerprint density at radius 1 is 1.20 bits per heavy atom. The van der Waals surface area contributed by atoms with Gasteiger partial charge in [0.15, 0.2) is 0 Å². The van der Waals surface area contributed by atoms with Gasteiger partial charge in [-0.2, -0.15) is 0 Å². The van der Waals surface area contributed by atoms with E-state index in [1.807, 2.05) is 14.0 Å². The third-order valence-electron chi connectivity index (χ3n) is 3.94. The van der Waals surface area contributed by atoms with Crippen molar-refractivity contribution in [1.82, 2.24) is 4.90 Å². The second-order valence-corrected chi connectivity index (χ2v) is 5.48. The SMILES string of the molecule is CCOc1cc(N2CCN(C(C)C)CC2)ccc1NC. The van der Waals surface area contributed by atoms with Gasteiger partial charge in [0.25, 0.3) is 0 Å². The molecule has 4 heteroatoms. The molecule has 0 aromatic heterocycles. The van der Waals surface area contributed by atoms with Crippen molar-refractivity contribution in [3.8, 4) is 5.75 Å². The van der Waals surface area contributed by atoms with Crippen molar-refractivity contribution in [3.05, 3.63) is 18.2 Å². The Labute approximate surface area is 122 Å². The monoisotopic (exact) mass is 277 g/mol. The van der Waals surface area contributed by atoms with Crippen LogP contribution in [0.4, 0.5) is 11.4 Å². The smallest absolute Gasteiger partial charge is 0.144 e. The second-order valence-electron chi connectivity index (χ2n) is 5.48. The highest BCUT2D eigenvalue weighted by Crippen LogP contribution is 2.30. The molecular weight excluding hydrogens is 250 g/mol. The summed E-state index contributed by atoms with van der Waals surface area (Å²) in [6, 6.07) is 7.08. The normalized spacial score (nSPS) is 16.6. The quantitative estimate of drug-likeness (QED) is 0.895. The van der Waals surface area contributed by atoms with Crippen LogP contribution in [0.3, 0.4) is 0 Å². The standard InChI is InChI=1S/C16H27N3O/c1-5-20-16-12-14(6-7-15(16)17-4)19-10-8-18(9-11-19)13(2)3/h6-7,12-13,17H,5,8-11H2,1-4H3. The molecule has 1 heterocycles. The third-order valence-corrected chi connectivity index (χ3v) is 3.94. The Bertz CT molecular complexity index is 426. The molecule has 0 aliphatic carbocycles. The molecule has 1 N–H and O–H groups in total. The molecule has 0 radical (unpaired) electrons. The number of anilines is 2. The molecule has 1 aliphatic heterocycles. The fourth-order valence-electron chi connectivity index (χ4n) is 2.69. The van der Waals surface area contributed by atoms with Crippen molar-refractivity contribution in [1.29, 1.82) is 0 Å². The van der Waals surface area contributed by atoms with E-state index >= 15 is 0 Å². The molecule has 0 atom stereocenters. The molecular formula is C16H27N3O. The van der Waals surface area contributed by atoms with Crippen LogP contribution in [0.5, 0.6) is 5.75 Å². The molecule has 0 unspecified atom stereocenters. The lowest BCUT2D eigenvalue weighted by atomic mass is 10.2. The van der Waals surface area contributed by atoms with E-state index in [1.54, 1.807) is 0 Å².